The van der Waals surface area contributed by atoms with Crippen LogP contribution in [0.4, 0.5) is 0 Å². The minimum atomic E-state index is -0.901. The number of rotatable bonds is 37. The van der Waals surface area contributed by atoms with Crippen LogP contribution in [0.5, 0.6) is 0 Å². The molecule has 2 atom stereocenters. The highest BCUT2D eigenvalue weighted by molar-refractivity contribution is 5.72. The number of carbonyl (C=O) groups excluding carboxylic acids is 2. The molecule has 0 aliphatic carbocycles. The molecule has 1 N–H and O–H groups in total. The number of carboxylic acids is 1. The van der Waals surface area contributed by atoms with E-state index in [0.717, 1.165) is 77.0 Å². The Labute approximate surface area is 364 Å². The fourth-order valence-corrected chi connectivity index (χ4v) is 5.44. The van der Waals surface area contributed by atoms with Gasteiger partial charge in [0.05, 0.1) is 34.4 Å². The number of esters is 2. The number of unbranched alkanes of at least 4 members (excludes halogenated alkanes) is 1. The van der Waals surface area contributed by atoms with Gasteiger partial charge >= 0.3 is 17.9 Å². The van der Waals surface area contributed by atoms with Gasteiger partial charge in [-0.25, -0.2) is 4.79 Å². The van der Waals surface area contributed by atoms with E-state index in [1.807, 2.05) is 33.3 Å². The number of hydrogen-bond acceptors (Lipinski definition) is 6. The second kappa shape index (κ2) is 41.2. The second-order valence-corrected chi connectivity index (χ2v) is 15.2. The number of nitrogens with zero attached hydrogens (tertiary/aromatic N) is 1. The number of hydrogen-bond donors (Lipinski definition) is 1. The highest BCUT2D eigenvalue weighted by Gasteiger charge is 2.31. The highest BCUT2D eigenvalue weighted by atomic mass is 16.6. The maximum Gasteiger partial charge on any atom is 0.362 e. The monoisotopic (exact) mass is 831 g/mol. The quantitative estimate of drug-likeness (QED) is 0.0288. The Balaban J connectivity index is 4.60. The van der Waals surface area contributed by atoms with Crippen LogP contribution in [0.3, 0.4) is 0 Å². The standard InChI is InChI=1S/C52H79NO7/c1-6-8-10-12-14-16-18-20-22-24-25-27-29-31-33-35-37-39-41-43-51(55)60-48(46-58-45-44-49(52(56)57)53(3,4)5)47-59-50(54)42-40-38-36-34-32-30-28-26-23-21-19-17-15-13-11-9-7-2/h8-11,14-17,20-23,25,27-28,30-31,33-34,36-37,39,48-49H,6-7,12-13,18-19,24,26,29,32,35,38,40-47H2,1-5H3/p+1/b10-8-,11-9-,16-14-,17-15-,22-20-,23-21-,27-25-,30-28-,33-31-,36-34-,39-37-. The molecule has 0 spiro atoms. The summed E-state index contributed by atoms with van der Waals surface area (Å²) in [6.45, 7) is 4.33. The summed E-state index contributed by atoms with van der Waals surface area (Å²) in [6.07, 6.45) is 59.5. The summed E-state index contributed by atoms with van der Waals surface area (Å²) in [7, 11) is 5.46. The number of allylic oxidation sites excluding steroid dienone is 22. The van der Waals surface area contributed by atoms with Crippen molar-refractivity contribution in [2.45, 2.75) is 135 Å². The normalized spacial score (nSPS) is 14.2. The van der Waals surface area contributed by atoms with Gasteiger partial charge in [0, 0.05) is 19.3 Å². The Kier molecular flexibility index (Phi) is 38.1. The summed E-state index contributed by atoms with van der Waals surface area (Å²) in [5, 5.41) is 9.62. The van der Waals surface area contributed by atoms with E-state index in [1.165, 1.54) is 0 Å². The zero-order valence-corrected chi connectivity index (χ0v) is 37.8. The zero-order valence-electron chi connectivity index (χ0n) is 37.8. The molecule has 0 aliphatic rings. The van der Waals surface area contributed by atoms with Gasteiger partial charge in [-0.05, 0) is 89.9 Å². The van der Waals surface area contributed by atoms with Crippen molar-refractivity contribution >= 4 is 17.9 Å². The van der Waals surface area contributed by atoms with Gasteiger partial charge in [0.2, 0.25) is 0 Å². The molecule has 0 aliphatic heterocycles. The average molecular weight is 831 g/mol. The van der Waals surface area contributed by atoms with E-state index >= 15 is 0 Å². The van der Waals surface area contributed by atoms with Crippen LogP contribution >= 0.6 is 0 Å². The Morgan fingerprint density at radius 2 is 0.883 bits per heavy atom. The lowest BCUT2D eigenvalue weighted by Crippen LogP contribution is -2.50. The van der Waals surface area contributed by atoms with Crippen LogP contribution < -0.4 is 0 Å². The molecule has 0 aromatic carbocycles. The van der Waals surface area contributed by atoms with E-state index in [4.69, 9.17) is 14.2 Å². The number of likely N-dealkylation sites (N-methyl/N-ethyl adjacent to an activating group) is 1. The van der Waals surface area contributed by atoms with Crippen LogP contribution in [0.2, 0.25) is 0 Å². The molecule has 60 heavy (non-hydrogen) atoms. The topological polar surface area (TPSA) is 99.1 Å². The molecule has 0 radical (unpaired) electrons. The first-order valence-corrected chi connectivity index (χ1v) is 22.2. The highest BCUT2D eigenvalue weighted by Crippen LogP contribution is 2.10. The summed E-state index contributed by atoms with van der Waals surface area (Å²) in [6, 6.07) is -0.645. The number of aliphatic carboxylic acids is 1. The predicted molar refractivity (Wildman–Crippen MR) is 251 cm³/mol. The first-order chi connectivity index (χ1) is 29.1. The molecule has 0 heterocycles. The molecule has 0 aromatic heterocycles. The second-order valence-electron chi connectivity index (χ2n) is 15.2. The number of quaternary nitrogens is 1. The Bertz CT molecular complexity index is 1430. The van der Waals surface area contributed by atoms with Gasteiger partial charge in [0.1, 0.15) is 6.61 Å². The molecule has 334 valence electrons. The fraction of sp³-hybridized carbons (Fsp3) is 0.519. The number of ether oxygens (including phenoxy) is 3. The van der Waals surface area contributed by atoms with E-state index < -0.39 is 24.1 Å². The van der Waals surface area contributed by atoms with Crippen LogP contribution in [-0.2, 0) is 28.6 Å². The van der Waals surface area contributed by atoms with E-state index in [-0.39, 0.29) is 49.5 Å². The lowest BCUT2D eigenvalue weighted by atomic mass is 10.1. The average Bonchev–Trinajstić information content (AvgIpc) is 3.21. The van der Waals surface area contributed by atoms with Crippen molar-refractivity contribution in [1.29, 1.82) is 0 Å². The smallest absolute Gasteiger partial charge is 0.362 e. The molecule has 0 fully saturated rings. The van der Waals surface area contributed by atoms with E-state index in [2.05, 4.69) is 135 Å². The largest absolute Gasteiger partial charge is 0.477 e. The van der Waals surface area contributed by atoms with Gasteiger partial charge < -0.3 is 23.8 Å². The lowest BCUT2D eigenvalue weighted by molar-refractivity contribution is -0.887. The third kappa shape index (κ3) is 39.0. The van der Waals surface area contributed by atoms with E-state index in [1.54, 1.807) is 0 Å². The zero-order chi connectivity index (χ0) is 44.2. The molecule has 0 rings (SSSR count). The first-order valence-electron chi connectivity index (χ1n) is 22.2. The van der Waals surface area contributed by atoms with Gasteiger partial charge in [-0.15, -0.1) is 0 Å². The first kappa shape index (κ1) is 55.5. The van der Waals surface area contributed by atoms with E-state index in [0.29, 0.717) is 12.8 Å². The summed E-state index contributed by atoms with van der Waals surface area (Å²) >= 11 is 0. The summed E-state index contributed by atoms with van der Waals surface area (Å²) in [5.74, 6) is -1.67. The fourth-order valence-electron chi connectivity index (χ4n) is 5.44. The maximum atomic E-state index is 12.7. The minimum absolute atomic E-state index is 0.00243. The molecule has 8 heteroatoms. The van der Waals surface area contributed by atoms with Crippen molar-refractivity contribution in [3.63, 3.8) is 0 Å². The van der Waals surface area contributed by atoms with E-state index in [9.17, 15) is 19.5 Å². The van der Waals surface area contributed by atoms with Crippen LogP contribution in [0.25, 0.3) is 0 Å². The van der Waals surface area contributed by atoms with Crippen molar-refractivity contribution in [3.05, 3.63) is 134 Å². The van der Waals surface area contributed by atoms with Crippen molar-refractivity contribution in [2.75, 3.05) is 41.0 Å². The van der Waals surface area contributed by atoms with Crippen LogP contribution in [0.15, 0.2) is 134 Å². The van der Waals surface area contributed by atoms with Gasteiger partial charge in [0.25, 0.3) is 0 Å². The summed E-state index contributed by atoms with van der Waals surface area (Å²) in [5.41, 5.74) is 0. The lowest BCUT2D eigenvalue weighted by Gasteiger charge is -2.31. The Hall–Kier alpha value is -4.53. The van der Waals surface area contributed by atoms with Gasteiger partial charge in [-0.2, -0.15) is 0 Å². The molecule has 8 nitrogen and oxygen atoms in total. The van der Waals surface area contributed by atoms with Crippen LogP contribution in [0.1, 0.15) is 123 Å². The summed E-state index contributed by atoms with van der Waals surface area (Å²) < 4.78 is 17.1. The molecule has 0 aromatic rings. The van der Waals surface area contributed by atoms with Crippen molar-refractivity contribution in [2.24, 2.45) is 0 Å². The Morgan fingerprint density at radius 1 is 0.500 bits per heavy atom. The molecule has 0 saturated carbocycles. The third-order valence-electron chi connectivity index (χ3n) is 8.81. The maximum absolute atomic E-state index is 12.7. The van der Waals surface area contributed by atoms with Crippen molar-refractivity contribution in [3.8, 4) is 0 Å². The molecular weight excluding hydrogens is 751 g/mol. The third-order valence-corrected chi connectivity index (χ3v) is 8.81. The predicted octanol–water partition coefficient (Wildman–Crippen LogP) is 12.4. The molecule has 0 amide bonds. The SMILES string of the molecule is CC/C=C\C/C=C\C/C=C\C/C=C\C/C=C\C/C=C\CCC(=O)OC(COCCC(C(=O)O)[N+](C)(C)C)COC(=O)CCC/C=C\C/C=C\C/C=C\C/C=C\C/C=C\CC. The molecule has 0 saturated heterocycles. The van der Waals surface area contributed by atoms with Gasteiger partial charge in [0.15, 0.2) is 12.1 Å². The van der Waals surface area contributed by atoms with Crippen molar-refractivity contribution in [1.82, 2.24) is 0 Å². The number of carboxylic acid groups (broad SMARTS) is 1. The molecular formula is C52H80NO7+. The van der Waals surface area contributed by atoms with Crippen LogP contribution in [-0.4, -0.2) is 80.6 Å². The molecule has 0 bridgehead atoms. The van der Waals surface area contributed by atoms with Crippen LogP contribution in [0, 0.1) is 0 Å². The molecule has 2 unspecified atom stereocenters. The number of carbonyl (C=O) groups is 3. The minimum Gasteiger partial charge on any atom is -0.477 e. The van der Waals surface area contributed by atoms with Gasteiger partial charge in [-0.1, -0.05) is 148 Å². The van der Waals surface area contributed by atoms with Gasteiger partial charge in [-0.3, -0.25) is 9.59 Å². The van der Waals surface area contributed by atoms with Crippen molar-refractivity contribution < 1.29 is 38.2 Å². The Morgan fingerprint density at radius 3 is 1.27 bits per heavy atom. The summed E-state index contributed by atoms with van der Waals surface area (Å²) in [4.78, 5) is 37.0.